The molecule has 10 nitrogen and oxygen atoms in total. The summed E-state index contributed by atoms with van der Waals surface area (Å²) in [7, 11) is 1.24. The van der Waals surface area contributed by atoms with Crippen LogP contribution < -0.4 is 16.0 Å². The van der Waals surface area contributed by atoms with E-state index in [1.54, 1.807) is 39.1 Å². The Morgan fingerprint density at radius 1 is 1.06 bits per heavy atom. The molecule has 10 heteroatoms. The number of fused-ring (bicyclic) bond motifs is 4. The minimum absolute atomic E-state index is 0.210. The summed E-state index contributed by atoms with van der Waals surface area (Å²) in [4.78, 5) is 44.7. The number of hydrogen-bond acceptors (Lipinski definition) is 6. The second-order valence-electron chi connectivity index (χ2n) is 8.53. The molecule has 2 heterocycles. The van der Waals surface area contributed by atoms with Crippen LogP contribution >= 0.6 is 0 Å². The first-order chi connectivity index (χ1) is 15.6. The highest BCUT2D eigenvalue weighted by Gasteiger charge is 2.22. The molecule has 0 aliphatic carbocycles. The summed E-state index contributed by atoms with van der Waals surface area (Å²) in [5.74, 6) is 0.560. The van der Waals surface area contributed by atoms with Gasteiger partial charge >= 0.3 is 12.2 Å². The number of allylic oxidation sites excluding steroid dienone is 2. The highest BCUT2D eigenvalue weighted by atomic mass is 16.6. The van der Waals surface area contributed by atoms with Crippen LogP contribution in [0.1, 0.15) is 45.9 Å². The molecule has 2 aromatic rings. The van der Waals surface area contributed by atoms with Gasteiger partial charge in [-0.1, -0.05) is 12.2 Å². The van der Waals surface area contributed by atoms with Gasteiger partial charge in [0.1, 0.15) is 11.4 Å². The van der Waals surface area contributed by atoms with E-state index in [9.17, 15) is 14.4 Å². The first kappa shape index (κ1) is 23.8. The number of aryl methyl sites for hydroxylation is 1. The van der Waals surface area contributed by atoms with Crippen molar-refractivity contribution >= 4 is 35.2 Å². The van der Waals surface area contributed by atoms with Crippen LogP contribution in [0.15, 0.2) is 30.5 Å². The highest BCUT2D eigenvalue weighted by Crippen LogP contribution is 2.38. The van der Waals surface area contributed by atoms with Crippen LogP contribution in [0, 0.1) is 0 Å². The number of imidazole rings is 1. The van der Waals surface area contributed by atoms with E-state index in [4.69, 9.17) is 4.74 Å². The number of carbonyl (C=O) groups is 3. The molecule has 0 saturated heterocycles. The summed E-state index contributed by atoms with van der Waals surface area (Å²) in [6.07, 6.45) is 6.61. The molecule has 4 N–H and O–H groups in total. The number of aromatic amines is 1. The lowest BCUT2D eigenvalue weighted by molar-refractivity contribution is -0.116. The van der Waals surface area contributed by atoms with E-state index in [0.29, 0.717) is 41.2 Å². The maximum atomic E-state index is 12.6. The van der Waals surface area contributed by atoms with Gasteiger partial charge in [0.2, 0.25) is 5.91 Å². The van der Waals surface area contributed by atoms with Crippen LogP contribution in [-0.2, 0) is 20.7 Å². The minimum atomic E-state index is -0.716. The molecule has 33 heavy (non-hydrogen) atoms. The van der Waals surface area contributed by atoms with Gasteiger partial charge in [-0.3, -0.25) is 15.4 Å². The minimum Gasteiger partial charge on any atom is -0.453 e. The number of rotatable bonds is 2. The zero-order valence-corrected chi connectivity index (χ0v) is 19.2. The average Bonchev–Trinajstić information content (AvgIpc) is 3.17. The van der Waals surface area contributed by atoms with E-state index in [0.717, 1.165) is 12.2 Å². The van der Waals surface area contributed by atoms with Crippen molar-refractivity contribution in [3.63, 3.8) is 0 Å². The van der Waals surface area contributed by atoms with Gasteiger partial charge in [0.25, 0.3) is 0 Å². The van der Waals surface area contributed by atoms with Crippen molar-refractivity contribution in [3.8, 4) is 11.3 Å². The fraction of sp³-hybridized carbons (Fsp3) is 0.391. The molecule has 0 unspecified atom stereocenters. The first-order valence-corrected chi connectivity index (χ1v) is 10.7. The van der Waals surface area contributed by atoms with Crippen LogP contribution in [-0.4, -0.2) is 40.8 Å². The second kappa shape index (κ2) is 10.2. The number of ether oxygens (including phenoxy) is 2. The lowest BCUT2D eigenvalue weighted by Gasteiger charge is -2.22. The van der Waals surface area contributed by atoms with Crippen LogP contribution in [0.3, 0.4) is 0 Å². The van der Waals surface area contributed by atoms with E-state index in [2.05, 4.69) is 30.7 Å². The molecule has 0 saturated carbocycles. The van der Waals surface area contributed by atoms with Crippen LogP contribution in [0.4, 0.5) is 26.7 Å². The number of anilines is 3. The van der Waals surface area contributed by atoms with Crippen molar-refractivity contribution in [1.82, 2.24) is 9.97 Å². The number of H-pyrrole nitrogens is 1. The number of methoxy groups -OCH3 is 1. The van der Waals surface area contributed by atoms with E-state index in [-0.39, 0.29) is 12.3 Å². The van der Waals surface area contributed by atoms with Gasteiger partial charge in [-0.25, -0.2) is 14.6 Å². The van der Waals surface area contributed by atoms with Crippen molar-refractivity contribution in [2.24, 2.45) is 0 Å². The van der Waals surface area contributed by atoms with Gasteiger partial charge in [0.05, 0.1) is 30.4 Å². The fourth-order valence-corrected chi connectivity index (χ4v) is 3.28. The number of nitrogens with one attached hydrogen (secondary N) is 4. The summed E-state index contributed by atoms with van der Waals surface area (Å²) in [6, 6.07) is 3.16. The van der Waals surface area contributed by atoms with E-state index in [1.807, 2.05) is 12.2 Å². The molecule has 0 atom stereocenters. The number of nitrogens with zero attached hydrogens (tertiary/aromatic N) is 1. The third-order valence-corrected chi connectivity index (χ3v) is 4.63. The molecule has 3 amide bonds. The van der Waals surface area contributed by atoms with Gasteiger partial charge < -0.3 is 19.8 Å². The molecule has 1 aromatic carbocycles. The number of benzene rings is 1. The van der Waals surface area contributed by atoms with Crippen LogP contribution in [0.2, 0.25) is 0 Å². The quantitative estimate of drug-likeness (QED) is 0.480. The van der Waals surface area contributed by atoms with Gasteiger partial charge in [-0.05, 0) is 45.7 Å². The zero-order valence-electron chi connectivity index (χ0n) is 19.2. The molecule has 0 radical (unpaired) electrons. The number of carbonyl (C=O) groups excluding carboxylic acids is 3. The van der Waals surface area contributed by atoms with Crippen LogP contribution in [0.25, 0.3) is 11.3 Å². The normalized spacial score (nSPS) is 14.0. The molecule has 1 aliphatic rings. The predicted molar refractivity (Wildman–Crippen MR) is 125 cm³/mol. The lowest BCUT2D eigenvalue weighted by atomic mass is 10.1. The van der Waals surface area contributed by atoms with Crippen molar-refractivity contribution < 1.29 is 23.9 Å². The average molecular weight is 456 g/mol. The number of hydrogen-bond donors (Lipinski definition) is 4. The smallest absolute Gasteiger partial charge is 0.412 e. The Bertz CT molecular complexity index is 1070. The Labute approximate surface area is 192 Å². The fourth-order valence-electron chi connectivity index (χ4n) is 3.28. The van der Waals surface area contributed by atoms with Gasteiger partial charge in [-0.15, -0.1) is 0 Å². The Balaban J connectivity index is 2.12. The van der Waals surface area contributed by atoms with Crippen molar-refractivity contribution in [3.05, 3.63) is 36.3 Å². The Morgan fingerprint density at radius 3 is 2.48 bits per heavy atom. The van der Waals surface area contributed by atoms with E-state index >= 15 is 0 Å². The zero-order chi connectivity index (χ0) is 24.0. The third kappa shape index (κ3) is 6.83. The first-order valence-electron chi connectivity index (χ1n) is 10.7. The topological polar surface area (TPSA) is 134 Å². The summed E-state index contributed by atoms with van der Waals surface area (Å²) >= 11 is 0. The summed E-state index contributed by atoms with van der Waals surface area (Å²) in [5, 5.41) is 8.19. The Hall–Kier alpha value is -3.82. The largest absolute Gasteiger partial charge is 0.453 e. The van der Waals surface area contributed by atoms with Crippen molar-refractivity contribution in [2.75, 3.05) is 23.1 Å². The molecule has 1 aliphatic heterocycles. The second-order valence-corrected chi connectivity index (χ2v) is 8.53. The molecule has 0 spiro atoms. The van der Waals surface area contributed by atoms with Crippen molar-refractivity contribution in [2.45, 2.75) is 52.1 Å². The number of aromatic nitrogens is 2. The van der Waals surface area contributed by atoms with Gasteiger partial charge in [0, 0.05) is 24.1 Å². The molecule has 176 valence electrons. The predicted octanol–water partition coefficient (Wildman–Crippen LogP) is 4.82. The molecule has 3 rings (SSSR count). The highest BCUT2D eigenvalue weighted by molar-refractivity contribution is 6.03. The SMILES string of the molecule is COC(=O)Nc1cc2c(c(NC(=O)OC(C)(C)C)c1)-c1cnc([nH]1)CCC=CCCC(=O)N2. The van der Waals surface area contributed by atoms with Gasteiger partial charge in [0.15, 0.2) is 0 Å². The van der Waals surface area contributed by atoms with E-state index in [1.165, 1.54) is 7.11 Å². The molecular formula is C23H29N5O5. The molecule has 0 fully saturated rings. The lowest BCUT2D eigenvalue weighted by Crippen LogP contribution is -2.27. The summed E-state index contributed by atoms with van der Waals surface area (Å²) < 4.78 is 10.1. The maximum Gasteiger partial charge on any atom is 0.412 e. The Kier molecular flexibility index (Phi) is 7.37. The van der Waals surface area contributed by atoms with Crippen LogP contribution in [0.5, 0.6) is 0 Å². The molecule has 2 bridgehead atoms. The number of amides is 3. The monoisotopic (exact) mass is 455 g/mol. The molecular weight excluding hydrogens is 426 g/mol. The third-order valence-electron chi connectivity index (χ3n) is 4.63. The Morgan fingerprint density at radius 2 is 1.79 bits per heavy atom. The standard InChI is InChI=1S/C23H29N5O5/c1-23(2,3)33-22(31)28-16-12-14(25-21(30)32-4)11-15-20(16)17-13-24-18(26-17)9-7-5-6-8-10-19(29)27-15/h5-6,11-13H,7-10H2,1-4H3,(H,24,26)(H,25,30)(H,27,29)(H,28,31). The summed E-state index contributed by atoms with van der Waals surface area (Å²) in [5.41, 5.74) is 1.41. The maximum absolute atomic E-state index is 12.6. The van der Waals surface area contributed by atoms with Crippen molar-refractivity contribution in [1.29, 1.82) is 0 Å². The molecule has 1 aromatic heterocycles. The van der Waals surface area contributed by atoms with Gasteiger partial charge in [-0.2, -0.15) is 0 Å². The summed E-state index contributed by atoms with van der Waals surface area (Å²) in [6.45, 7) is 5.27. The van der Waals surface area contributed by atoms with E-state index < -0.39 is 17.8 Å².